The zero-order valence-electron chi connectivity index (χ0n) is 11.2. The Morgan fingerprint density at radius 3 is 2.95 bits per heavy atom. The third-order valence-electron chi connectivity index (χ3n) is 3.44. The second-order valence-electron chi connectivity index (χ2n) is 4.88. The Bertz CT molecular complexity index is 616. The normalized spacial score (nSPS) is 18.2. The van der Waals surface area contributed by atoms with Gasteiger partial charge < -0.3 is 4.90 Å². The molecule has 102 valence electrons. The smallest absolute Gasteiger partial charge is 0.274 e. The molecule has 0 unspecified atom stereocenters. The number of carbonyl (C=O) groups is 1. The van der Waals surface area contributed by atoms with Crippen LogP contribution in [0.2, 0.25) is 0 Å². The summed E-state index contributed by atoms with van der Waals surface area (Å²) in [5.74, 6) is 0.947. The van der Waals surface area contributed by atoms with Crippen LogP contribution in [0.3, 0.4) is 0 Å². The molecular formula is C14H15N5O. The fourth-order valence-corrected chi connectivity index (χ4v) is 2.39. The minimum atomic E-state index is -0.0757. The van der Waals surface area contributed by atoms with Gasteiger partial charge in [-0.3, -0.25) is 9.78 Å². The van der Waals surface area contributed by atoms with Crippen molar-refractivity contribution in [3.63, 3.8) is 0 Å². The molecule has 1 atom stereocenters. The summed E-state index contributed by atoms with van der Waals surface area (Å²) in [5, 5.41) is 0. The molecule has 0 spiro atoms. The van der Waals surface area contributed by atoms with E-state index in [0.717, 1.165) is 17.9 Å². The highest BCUT2D eigenvalue weighted by molar-refractivity contribution is 5.92. The first-order valence-electron chi connectivity index (χ1n) is 6.59. The lowest BCUT2D eigenvalue weighted by Crippen LogP contribution is -2.29. The van der Waals surface area contributed by atoms with Gasteiger partial charge in [0.15, 0.2) is 0 Å². The molecule has 2 aromatic rings. The van der Waals surface area contributed by atoms with Gasteiger partial charge in [0.2, 0.25) is 0 Å². The fourth-order valence-electron chi connectivity index (χ4n) is 2.39. The molecule has 0 radical (unpaired) electrons. The zero-order chi connectivity index (χ0) is 13.9. The van der Waals surface area contributed by atoms with Crippen molar-refractivity contribution in [2.24, 2.45) is 0 Å². The first-order valence-corrected chi connectivity index (χ1v) is 6.59. The number of likely N-dealkylation sites (tertiary alicyclic amines) is 1. The van der Waals surface area contributed by atoms with E-state index in [0.29, 0.717) is 18.8 Å². The summed E-state index contributed by atoms with van der Waals surface area (Å²) in [5.41, 5.74) is 1.34. The number of hydrogen-bond donors (Lipinski definition) is 0. The minimum absolute atomic E-state index is 0.0757. The molecule has 6 nitrogen and oxygen atoms in total. The molecule has 1 aliphatic rings. The lowest BCUT2D eigenvalue weighted by atomic mass is 10.1. The lowest BCUT2D eigenvalue weighted by Gasteiger charge is -2.15. The number of carbonyl (C=O) groups excluding carboxylic acids is 1. The van der Waals surface area contributed by atoms with E-state index in [9.17, 15) is 4.79 Å². The van der Waals surface area contributed by atoms with Gasteiger partial charge in [-0.05, 0) is 19.4 Å². The van der Waals surface area contributed by atoms with Crippen molar-refractivity contribution in [2.45, 2.75) is 19.3 Å². The Balaban J connectivity index is 1.72. The third-order valence-corrected chi connectivity index (χ3v) is 3.44. The molecule has 0 bridgehead atoms. The quantitative estimate of drug-likeness (QED) is 0.819. The summed E-state index contributed by atoms with van der Waals surface area (Å²) in [6, 6.07) is 1.88. The Morgan fingerprint density at radius 1 is 1.30 bits per heavy atom. The summed E-state index contributed by atoms with van der Waals surface area (Å²) in [6.07, 6.45) is 7.24. The molecule has 6 heteroatoms. The Kier molecular flexibility index (Phi) is 3.37. The predicted octanol–water partition coefficient (Wildman–Crippen LogP) is 1.20. The summed E-state index contributed by atoms with van der Waals surface area (Å²) < 4.78 is 0. The fraction of sp³-hybridized carbons (Fsp3) is 0.357. The largest absolute Gasteiger partial charge is 0.337 e. The summed E-state index contributed by atoms with van der Waals surface area (Å²) in [7, 11) is 0. The highest BCUT2D eigenvalue weighted by atomic mass is 16.2. The molecule has 20 heavy (non-hydrogen) atoms. The van der Waals surface area contributed by atoms with E-state index in [1.165, 1.54) is 12.4 Å². The van der Waals surface area contributed by atoms with Crippen molar-refractivity contribution in [1.82, 2.24) is 24.8 Å². The monoisotopic (exact) mass is 269 g/mol. The Hall–Kier alpha value is -2.37. The third kappa shape index (κ3) is 2.49. The molecule has 0 N–H and O–H groups in total. The highest BCUT2D eigenvalue weighted by Crippen LogP contribution is 2.25. The van der Waals surface area contributed by atoms with Gasteiger partial charge in [0.05, 0.1) is 6.20 Å². The van der Waals surface area contributed by atoms with Gasteiger partial charge in [0.25, 0.3) is 5.91 Å². The van der Waals surface area contributed by atoms with Crippen molar-refractivity contribution >= 4 is 5.91 Å². The Labute approximate surface area is 116 Å². The number of rotatable bonds is 2. The molecule has 0 saturated carbocycles. The molecule has 1 fully saturated rings. The van der Waals surface area contributed by atoms with Gasteiger partial charge in [-0.2, -0.15) is 0 Å². The summed E-state index contributed by atoms with van der Waals surface area (Å²) in [4.78, 5) is 30.8. The SMILES string of the molecule is Cc1ccnc([C@@H]2CCN(C(=O)c3cnccn3)C2)n1. The molecular weight excluding hydrogens is 254 g/mol. The van der Waals surface area contributed by atoms with Crippen LogP contribution in [0.15, 0.2) is 30.9 Å². The maximum atomic E-state index is 12.3. The van der Waals surface area contributed by atoms with Crippen LogP contribution in [0, 0.1) is 6.92 Å². The maximum Gasteiger partial charge on any atom is 0.274 e. The van der Waals surface area contributed by atoms with Crippen LogP contribution in [0.5, 0.6) is 0 Å². The van der Waals surface area contributed by atoms with Gasteiger partial charge in [0, 0.05) is 43.3 Å². The van der Waals surface area contributed by atoms with Crippen molar-refractivity contribution in [2.75, 3.05) is 13.1 Å². The molecule has 3 rings (SSSR count). The average molecular weight is 269 g/mol. The van der Waals surface area contributed by atoms with E-state index in [2.05, 4.69) is 19.9 Å². The highest BCUT2D eigenvalue weighted by Gasteiger charge is 2.30. The van der Waals surface area contributed by atoms with Gasteiger partial charge >= 0.3 is 0 Å². The number of hydrogen-bond acceptors (Lipinski definition) is 5. The van der Waals surface area contributed by atoms with Crippen molar-refractivity contribution < 1.29 is 4.79 Å². The van der Waals surface area contributed by atoms with E-state index in [1.807, 2.05) is 13.0 Å². The maximum absolute atomic E-state index is 12.3. The number of nitrogens with zero attached hydrogens (tertiary/aromatic N) is 5. The van der Waals surface area contributed by atoms with Crippen LogP contribution in [-0.4, -0.2) is 43.8 Å². The van der Waals surface area contributed by atoms with Crippen molar-refractivity contribution in [3.8, 4) is 0 Å². The van der Waals surface area contributed by atoms with E-state index >= 15 is 0 Å². The van der Waals surface area contributed by atoms with E-state index in [1.54, 1.807) is 17.3 Å². The Morgan fingerprint density at radius 2 is 2.20 bits per heavy atom. The number of aromatic nitrogens is 4. The van der Waals surface area contributed by atoms with Crippen LogP contribution in [-0.2, 0) is 0 Å². The van der Waals surface area contributed by atoms with E-state index in [-0.39, 0.29) is 11.8 Å². The topological polar surface area (TPSA) is 71.9 Å². The molecule has 0 aliphatic carbocycles. The van der Waals surface area contributed by atoms with Gasteiger partial charge in [-0.1, -0.05) is 0 Å². The molecule has 1 aliphatic heterocycles. The predicted molar refractivity (Wildman–Crippen MR) is 72.1 cm³/mol. The van der Waals surface area contributed by atoms with Crippen LogP contribution < -0.4 is 0 Å². The zero-order valence-corrected chi connectivity index (χ0v) is 11.2. The molecule has 0 aromatic carbocycles. The standard InChI is InChI=1S/C14H15N5O/c1-10-2-4-17-13(18-10)11-3-7-19(9-11)14(20)12-8-15-5-6-16-12/h2,4-6,8,11H,3,7,9H2,1H3/t11-/m1/s1. The van der Waals surface area contributed by atoms with Gasteiger partial charge in [0.1, 0.15) is 11.5 Å². The van der Waals surface area contributed by atoms with Crippen molar-refractivity contribution in [3.05, 3.63) is 48.1 Å². The van der Waals surface area contributed by atoms with E-state index in [4.69, 9.17) is 0 Å². The van der Waals surface area contributed by atoms with E-state index < -0.39 is 0 Å². The minimum Gasteiger partial charge on any atom is -0.337 e. The van der Waals surface area contributed by atoms with Crippen LogP contribution in [0.4, 0.5) is 0 Å². The van der Waals surface area contributed by atoms with Gasteiger partial charge in [-0.15, -0.1) is 0 Å². The number of amides is 1. The first kappa shape index (κ1) is 12.7. The van der Waals surface area contributed by atoms with Crippen LogP contribution >= 0.6 is 0 Å². The summed E-state index contributed by atoms with van der Waals surface area (Å²) >= 11 is 0. The molecule has 1 saturated heterocycles. The second-order valence-corrected chi connectivity index (χ2v) is 4.88. The molecule has 2 aromatic heterocycles. The lowest BCUT2D eigenvalue weighted by molar-refractivity contribution is 0.0784. The molecule has 3 heterocycles. The number of aryl methyl sites for hydroxylation is 1. The van der Waals surface area contributed by atoms with Crippen LogP contribution in [0.1, 0.15) is 34.3 Å². The second kappa shape index (κ2) is 5.32. The molecule has 1 amide bonds. The van der Waals surface area contributed by atoms with Crippen molar-refractivity contribution in [1.29, 1.82) is 0 Å². The van der Waals surface area contributed by atoms with Gasteiger partial charge in [-0.25, -0.2) is 15.0 Å². The summed E-state index contributed by atoms with van der Waals surface area (Å²) in [6.45, 7) is 3.29. The van der Waals surface area contributed by atoms with Crippen LogP contribution in [0.25, 0.3) is 0 Å². The first-order chi connectivity index (χ1) is 9.74. The average Bonchev–Trinajstić information content (AvgIpc) is 2.97.